The normalized spacial score (nSPS) is 17.4. The van der Waals surface area contributed by atoms with Crippen molar-refractivity contribution in [2.75, 3.05) is 13.1 Å². The summed E-state index contributed by atoms with van der Waals surface area (Å²) < 4.78 is 1.08. The van der Waals surface area contributed by atoms with Gasteiger partial charge in [0.15, 0.2) is 0 Å². The van der Waals surface area contributed by atoms with Crippen LogP contribution < -0.4 is 0 Å². The van der Waals surface area contributed by atoms with Crippen LogP contribution in [0.4, 0.5) is 0 Å². The maximum Gasteiger partial charge on any atom is 0.317 e. The van der Waals surface area contributed by atoms with Gasteiger partial charge < -0.3 is 5.11 Å². The number of thiophene rings is 1. The summed E-state index contributed by atoms with van der Waals surface area (Å²) >= 11 is 5.12. The quantitative estimate of drug-likeness (QED) is 0.874. The van der Waals surface area contributed by atoms with Gasteiger partial charge in [-0.1, -0.05) is 0 Å². The molecule has 0 spiro atoms. The van der Waals surface area contributed by atoms with Gasteiger partial charge in [0.25, 0.3) is 0 Å². The van der Waals surface area contributed by atoms with Gasteiger partial charge in [-0.3, -0.25) is 9.69 Å². The van der Waals surface area contributed by atoms with Crippen LogP contribution in [0.5, 0.6) is 0 Å². The minimum absolute atomic E-state index is 0.132. The van der Waals surface area contributed by atoms with E-state index in [4.69, 9.17) is 5.11 Å². The number of carboxylic acids is 1. The number of carboxylic acid groups (broad SMARTS) is 1. The van der Waals surface area contributed by atoms with Crippen LogP contribution in [0, 0.1) is 5.92 Å². The summed E-state index contributed by atoms with van der Waals surface area (Å²) in [5.74, 6) is -0.0340. The van der Waals surface area contributed by atoms with Crippen molar-refractivity contribution < 1.29 is 9.90 Å². The van der Waals surface area contributed by atoms with E-state index in [1.165, 1.54) is 17.7 Å². The predicted octanol–water partition coefficient (Wildman–Crippen LogP) is 3.37. The van der Waals surface area contributed by atoms with E-state index in [1.807, 2.05) is 5.38 Å². The fourth-order valence-corrected chi connectivity index (χ4v) is 3.43. The van der Waals surface area contributed by atoms with Gasteiger partial charge in [0, 0.05) is 27.3 Å². The lowest BCUT2D eigenvalue weighted by molar-refractivity contribution is -0.138. The molecule has 0 aliphatic heterocycles. The van der Waals surface area contributed by atoms with Crippen LogP contribution in [0.2, 0.25) is 0 Å². The first kappa shape index (κ1) is 13.1. The van der Waals surface area contributed by atoms with Crippen molar-refractivity contribution in [1.29, 1.82) is 0 Å². The van der Waals surface area contributed by atoms with Crippen molar-refractivity contribution in [3.8, 4) is 0 Å². The lowest BCUT2D eigenvalue weighted by Gasteiger charge is -2.26. The molecule has 0 bridgehead atoms. The number of carbonyl (C=O) groups is 1. The number of rotatable bonds is 6. The molecule has 94 valence electrons. The van der Waals surface area contributed by atoms with Gasteiger partial charge in [-0.25, -0.2) is 0 Å². The van der Waals surface area contributed by atoms with Crippen LogP contribution >= 0.6 is 27.3 Å². The summed E-state index contributed by atoms with van der Waals surface area (Å²) in [6, 6.07) is 2.26. The third-order valence-electron chi connectivity index (χ3n) is 3.08. The van der Waals surface area contributed by atoms with Crippen molar-refractivity contribution in [3.63, 3.8) is 0 Å². The van der Waals surface area contributed by atoms with Crippen LogP contribution in [0.3, 0.4) is 0 Å². The molecule has 1 saturated carbocycles. The van der Waals surface area contributed by atoms with Crippen LogP contribution in [0.25, 0.3) is 0 Å². The second kappa shape index (κ2) is 5.50. The SMILES string of the molecule is CC(c1cc(Br)cs1)N(CC(=O)O)CC1CC1. The standard InChI is InChI=1S/C12H16BrNO2S/c1-8(11-4-10(13)7-17-11)14(6-12(15)16)5-9-2-3-9/h4,7-9H,2-3,5-6H2,1H3,(H,15,16). The van der Waals surface area contributed by atoms with Crippen molar-refractivity contribution in [2.45, 2.75) is 25.8 Å². The molecule has 0 amide bonds. The van der Waals surface area contributed by atoms with E-state index in [0.717, 1.165) is 11.0 Å². The number of nitrogens with zero attached hydrogens (tertiary/aromatic N) is 1. The third kappa shape index (κ3) is 3.79. The fraction of sp³-hybridized carbons (Fsp3) is 0.583. The zero-order chi connectivity index (χ0) is 12.4. The molecule has 1 N–H and O–H groups in total. The van der Waals surface area contributed by atoms with Crippen molar-refractivity contribution in [2.24, 2.45) is 5.92 Å². The maximum absolute atomic E-state index is 10.9. The predicted molar refractivity (Wildman–Crippen MR) is 72.4 cm³/mol. The molecule has 1 aliphatic rings. The first-order chi connectivity index (χ1) is 8.06. The molecule has 1 aromatic heterocycles. The van der Waals surface area contributed by atoms with Crippen LogP contribution in [-0.4, -0.2) is 29.1 Å². The summed E-state index contributed by atoms with van der Waals surface area (Å²) in [6.07, 6.45) is 2.49. The molecular formula is C12H16BrNO2S. The van der Waals surface area contributed by atoms with Crippen LogP contribution in [-0.2, 0) is 4.79 Å². The Kier molecular flexibility index (Phi) is 4.22. The highest BCUT2D eigenvalue weighted by Crippen LogP contribution is 2.34. The molecule has 0 saturated heterocycles. The smallest absolute Gasteiger partial charge is 0.317 e. The van der Waals surface area contributed by atoms with Crippen molar-refractivity contribution >= 4 is 33.2 Å². The van der Waals surface area contributed by atoms with Crippen molar-refractivity contribution in [1.82, 2.24) is 4.90 Å². The topological polar surface area (TPSA) is 40.5 Å². The molecule has 0 radical (unpaired) electrons. The van der Waals surface area contributed by atoms with Gasteiger partial charge in [-0.05, 0) is 47.7 Å². The van der Waals surface area contributed by atoms with Crippen LogP contribution in [0.15, 0.2) is 15.9 Å². The fourth-order valence-electron chi connectivity index (χ4n) is 1.89. The Morgan fingerprint density at radius 3 is 2.88 bits per heavy atom. The largest absolute Gasteiger partial charge is 0.480 e. The Morgan fingerprint density at radius 2 is 2.41 bits per heavy atom. The van der Waals surface area contributed by atoms with E-state index in [9.17, 15) is 4.79 Å². The lowest BCUT2D eigenvalue weighted by Crippen LogP contribution is -2.33. The Bertz CT molecular complexity index is 403. The molecule has 17 heavy (non-hydrogen) atoms. The Labute approximate surface area is 114 Å². The van der Waals surface area contributed by atoms with E-state index in [0.29, 0.717) is 5.92 Å². The molecule has 1 aromatic rings. The van der Waals surface area contributed by atoms with Crippen molar-refractivity contribution in [3.05, 3.63) is 20.8 Å². The zero-order valence-corrected chi connectivity index (χ0v) is 12.1. The van der Waals surface area contributed by atoms with Gasteiger partial charge in [0.2, 0.25) is 0 Å². The molecule has 1 fully saturated rings. The summed E-state index contributed by atoms with van der Waals surface area (Å²) in [7, 11) is 0. The lowest BCUT2D eigenvalue weighted by atomic mass is 10.2. The molecule has 0 aromatic carbocycles. The van der Waals surface area contributed by atoms with E-state index in [-0.39, 0.29) is 12.6 Å². The van der Waals surface area contributed by atoms with Gasteiger partial charge >= 0.3 is 5.97 Å². The Hall–Kier alpha value is -0.390. The van der Waals surface area contributed by atoms with E-state index < -0.39 is 5.97 Å². The Balaban J connectivity index is 2.04. The second-order valence-corrected chi connectivity index (χ2v) is 6.47. The van der Waals surface area contributed by atoms with E-state index in [2.05, 4.69) is 33.8 Å². The van der Waals surface area contributed by atoms with E-state index >= 15 is 0 Å². The van der Waals surface area contributed by atoms with E-state index in [1.54, 1.807) is 11.3 Å². The number of hydrogen-bond donors (Lipinski definition) is 1. The Morgan fingerprint density at radius 1 is 1.71 bits per heavy atom. The molecule has 1 aliphatic carbocycles. The summed E-state index contributed by atoms with van der Waals surface area (Å²) in [6.45, 7) is 3.12. The maximum atomic E-state index is 10.9. The number of hydrogen-bond acceptors (Lipinski definition) is 3. The number of aliphatic carboxylic acids is 1. The number of halogens is 1. The monoisotopic (exact) mass is 317 g/mol. The first-order valence-corrected chi connectivity index (χ1v) is 7.43. The van der Waals surface area contributed by atoms with Crippen LogP contribution in [0.1, 0.15) is 30.7 Å². The summed E-state index contributed by atoms with van der Waals surface area (Å²) in [4.78, 5) is 14.2. The van der Waals surface area contributed by atoms with Gasteiger partial charge in [-0.2, -0.15) is 0 Å². The summed E-state index contributed by atoms with van der Waals surface area (Å²) in [5, 5.41) is 11.0. The molecule has 1 heterocycles. The average molecular weight is 318 g/mol. The molecule has 2 rings (SSSR count). The van der Waals surface area contributed by atoms with Gasteiger partial charge in [-0.15, -0.1) is 11.3 Å². The minimum atomic E-state index is -0.742. The zero-order valence-electron chi connectivity index (χ0n) is 9.73. The molecule has 1 atom stereocenters. The second-order valence-electron chi connectivity index (χ2n) is 4.61. The molecule has 1 unspecified atom stereocenters. The molecular weight excluding hydrogens is 302 g/mol. The summed E-state index contributed by atoms with van der Waals surface area (Å²) in [5.41, 5.74) is 0. The highest BCUT2D eigenvalue weighted by molar-refractivity contribution is 9.10. The third-order valence-corrected chi connectivity index (χ3v) is 4.94. The highest BCUT2D eigenvalue weighted by Gasteiger charge is 2.28. The molecule has 5 heteroatoms. The molecule has 3 nitrogen and oxygen atoms in total. The first-order valence-electron chi connectivity index (χ1n) is 5.76. The highest BCUT2D eigenvalue weighted by atomic mass is 79.9. The minimum Gasteiger partial charge on any atom is -0.480 e. The average Bonchev–Trinajstić information content (AvgIpc) is 2.96. The van der Waals surface area contributed by atoms with Gasteiger partial charge in [0.1, 0.15) is 0 Å². The van der Waals surface area contributed by atoms with Gasteiger partial charge in [0.05, 0.1) is 6.54 Å².